The fraction of sp³-hybridized carbons (Fsp3) is 0.269. The van der Waals surface area contributed by atoms with Crippen molar-refractivity contribution in [3.05, 3.63) is 76.6 Å². The summed E-state index contributed by atoms with van der Waals surface area (Å²) in [6.45, 7) is 11.3. The number of H-pyrrole nitrogens is 1. The first-order valence-corrected chi connectivity index (χ1v) is 11.5. The Kier molecular flexibility index (Phi) is 5.31. The number of piperidine rings is 1. The van der Waals surface area contributed by atoms with Crippen LogP contribution in [0.2, 0.25) is 0 Å². The summed E-state index contributed by atoms with van der Waals surface area (Å²) in [5.74, 6) is -0.162. The van der Waals surface area contributed by atoms with E-state index < -0.39 is 11.7 Å². The van der Waals surface area contributed by atoms with Crippen molar-refractivity contribution in [1.82, 2.24) is 34.6 Å². The maximum atomic E-state index is 13.4. The summed E-state index contributed by atoms with van der Waals surface area (Å²) in [6, 6.07) is -0.342. The molecule has 1 N–H and O–H groups in total. The van der Waals surface area contributed by atoms with Crippen molar-refractivity contribution in [1.29, 1.82) is 0 Å². The molecule has 11 nitrogen and oxygen atoms in total. The second kappa shape index (κ2) is 9.66. The van der Waals surface area contributed by atoms with Gasteiger partial charge in [0.15, 0.2) is 5.82 Å². The Labute approximate surface area is 216 Å². The smallest absolute Gasteiger partial charge is 0.295 e. The van der Waals surface area contributed by atoms with E-state index in [1.54, 1.807) is 13.8 Å². The van der Waals surface area contributed by atoms with E-state index in [0.29, 0.717) is 46.7 Å². The maximum absolute atomic E-state index is 13.4. The van der Waals surface area contributed by atoms with Crippen LogP contribution in [0.5, 0.6) is 5.75 Å². The molecule has 37 heavy (non-hydrogen) atoms. The van der Waals surface area contributed by atoms with Crippen molar-refractivity contribution < 1.29 is 18.4 Å². The van der Waals surface area contributed by atoms with Crippen LogP contribution < -0.4 is 4.74 Å². The molecule has 0 spiro atoms. The third kappa shape index (κ3) is 4.33. The quantitative estimate of drug-likeness (QED) is 0.254. The molecule has 4 aromatic rings. The van der Waals surface area contributed by atoms with Gasteiger partial charge in [0, 0.05) is 25.5 Å². The van der Waals surface area contributed by atoms with Crippen LogP contribution in [0.3, 0.4) is 0 Å². The van der Waals surface area contributed by atoms with Gasteiger partial charge in [0.25, 0.3) is 11.7 Å². The molecule has 0 aromatic carbocycles. The van der Waals surface area contributed by atoms with E-state index >= 15 is 0 Å². The lowest BCUT2D eigenvalue weighted by molar-refractivity contribution is -0.126. The van der Waals surface area contributed by atoms with Gasteiger partial charge in [0.2, 0.25) is 5.70 Å². The number of hydrogen-bond acceptors (Lipinski definition) is 7. The Hall–Kier alpha value is -4.85. The largest absolute Gasteiger partial charge is 0.494 e. The highest BCUT2D eigenvalue weighted by Crippen LogP contribution is 2.32. The predicted molar refractivity (Wildman–Crippen MR) is 135 cm³/mol. The number of aromatic amines is 1. The Morgan fingerprint density at radius 1 is 1.19 bits per heavy atom. The normalized spacial score (nSPS) is 14.6. The first-order chi connectivity index (χ1) is 19.2. The number of carbonyl (C=O) groups excluding carboxylic acids is 2. The van der Waals surface area contributed by atoms with Gasteiger partial charge in [-0.3, -0.25) is 14.6 Å². The summed E-state index contributed by atoms with van der Waals surface area (Å²) in [6.07, 6.45) is 4.84. The van der Waals surface area contributed by atoms with E-state index in [0.717, 1.165) is 0 Å². The van der Waals surface area contributed by atoms with Gasteiger partial charge in [-0.15, -0.1) is 0 Å². The first-order valence-electron chi connectivity index (χ1n) is 13.0. The number of aromatic nitrogens is 6. The number of Topliss-reactive ketones (excluding diaryl/α,β-unsaturated/α-hetero) is 1. The molecule has 1 saturated heterocycles. The van der Waals surface area contributed by atoms with E-state index in [4.69, 9.17) is 15.4 Å². The van der Waals surface area contributed by atoms with Crippen LogP contribution in [0, 0.1) is 20.4 Å². The molecule has 1 fully saturated rings. The van der Waals surface area contributed by atoms with Crippen LogP contribution >= 0.6 is 0 Å². The van der Waals surface area contributed by atoms with Crippen molar-refractivity contribution in [2.24, 2.45) is 0 Å². The SMILES string of the molecule is [2H]c1nc(C([N+]#[C-])=C2CCN(C(=O)C(=O)c3c[nH]c4c(-n5cnc(C)n5)ncc(OC)c34)CC2)c([2H])c([2H])c1C. The van der Waals surface area contributed by atoms with Gasteiger partial charge in [0.1, 0.15) is 17.9 Å². The van der Waals surface area contributed by atoms with Crippen molar-refractivity contribution in [2.75, 3.05) is 20.2 Å². The molecule has 1 aliphatic rings. The van der Waals surface area contributed by atoms with Gasteiger partial charge in [-0.05, 0) is 38.3 Å². The summed E-state index contributed by atoms with van der Waals surface area (Å²) in [7, 11) is 1.45. The average molecular weight is 500 g/mol. The lowest BCUT2D eigenvalue weighted by Crippen LogP contribution is -2.40. The van der Waals surface area contributed by atoms with E-state index in [1.165, 1.54) is 35.4 Å². The Balaban J connectivity index is 1.42. The summed E-state index contributed by atoms with van der Waals surface area (Å²) >= 11 is 0. The van der Waals surface area contributed by atoms with Crippen LogP contribution in [0.1, 0.15) is 44.4 Å². The lowest BCUT2D eigenvalue weighted by Gasteiger charge is -2.28. The minimum atomic E-state index is -0.722. The highest BCUT2D eigenvalue weighted by molar-refractivity contribution is 6.45. The van der Waals surface area contributed by atoms with Gasteiger partial charge in [0.05, 0.1) is 46.2 Å². The molecule has 5 heterocycles. The molecule has 11 heteroatoms. The van der Waals surface area contributed by atoms with Crippen LogP contribution in [0.4, 0.5) is 0 Å². The van der Waals surface area contributed by atoms with E-state index in [-0.39, 0.29) is 53.9 Å². The van der Waals surface area contributed by atoms with Crippen LogP contribution in [0.15, 0.2) is 42.6 Å². The van der Waals surface area contributed by atoms with Gasteiger partial charge in [-0.2, -0.15) is 5.10 Å². The summed E-state index contributed by atoms with van der Waals surface area (Å²) in [4.78, 5) is 47.3. The second-order valence-corrected chi connectivity index (χ2v) is 8.47. The summed E-state index contributed by atoms with van der Waals surface area (Å²) in [5.41, 5.74) is 1.66. The van der Waals surface area contributed by atoms with E-state index in [9.17, 15) is 9.59 Å². The number of carbonyl (C=O) groups is 2. The number of fused-ring (bicyclic) bond motifs is 1. The molecule has 4 aromatic heterocycles. The molecule has 0 atom stereocenters. The molecule has 1 aliphatic heterocycles. The molecule has 0 radical (unpaired) electrons. The van der Waals surface area contributed by atoms with Crippen LogP contribution in [0.25, 0.3) is 27.3 Å². The van der Waals surface area contributed by atoms with Crippen molar-refractivity contribution in [3.8, 4) is 11.6 Å². The van der Waals surface area contributed by atoms with Crippen LogP contribution in [-0.2, 0) is 4.79 Å². The summed E-state index contributed by atoms with van der Waals surface area (Å²) < 4.78 is 31.2. The van der Waals surface area contributed by atoms with Crippen molar-refractivity contribution in [2.45, 2.75) is 26.7 Å². The average Bonchev–Trinajstić information content (AvgIpc) is 3.61. The Morgan fingerprint density at radius 3 is 2.65 bits per heavy atom. The topological polar surface area (TPSA) is 123 Å². The number of nitrogens with one attached hydrogen (secondary N) is 1. The van der Waals surface area contributed by atoms with E-state index in [1.807, 2.05) is 0 Å². The molecule has 0 saturated carbocycles. The number of methoxy groups -OCH3 is 1. The molecular weight excluding hydrogens is 472 g/mol. The second-order valence-electron chi connectivity index (χ2n) is 8.47. The molecular formula is C26H24N8O3. The number of ether oxygens (including phenoxy) is 1. The van der Waals surface area contributed by atoms with Crippen molar-refractivity contribution >= 4 is 28.3 Å². The van der Waals surface area contributed by atoms with E-state index in [2.05, 4.69) is 29.9 Å². The molecule has 0 aliphatic carbocycles. The number of hydrogen-bond donors (Lipinski definition) is 1. The summed E-state index contributed by atoms with van der Waals surface area (Å²) in [5, 5.41) is 4.68. The Bertz CT molecular complexity index is 1760. The third-order valence-corrected chi connectivity index (χ3v) is 6.17. The fourth-order valence-corrected chi connectivity index (χ4v) is 4.30. The molecule has 0 bridgehead atoms. The zero-order chi connectivity index (χ0) is 28.7. The zero-order valence-corrected chi connectivity index (χ0v) is 20.4. The van der Waals surface area contributed by atoms with Crippen molar-refractivity contribution in [3.63, 3.8) is 0 Å². The number of rotatable bonds is 5. The number of likely N-dealkylation sites (tertiary alicyclic amines) is 1. The monoisotopic (exact) mass is 499 g/mol. The van der Waals surface area contributed by atoms with Crippen LogP contribution in [-0.4, -0.2) is 66.5 Å². The fourth-order valence-electron chi connectivity index (χ4n) is 4.30. The number of ketones is 1. The maximum Gasteiger partial charge on any atom is 0.295 e. The minimum Gasteiger partial charge on any atom is -0.494 e. The zero-order valence-electron chi connectivity index (χ0n) is 23.4. The lowest BCUT2D eigenvalue weighted by atomic mass is 9.99. The molecule has 186 valence electrons. The van der Waals surface area contributed by atoms with Gasteiger partial charge in [-0.1, -0.05) is 11.6 Å². The number of pyridine rings is 2. The standard InChI is InChI=1S/C26H24N8O3/c1-15-5-6-19(28-11-15)22(27-3)17-7-9-33(10-8-17)26(36)24(35)18-12-29-23-21(18)20(37-4)13-30-25(23)34-14-31-16(2)32-34/h5-6,11-14,29H,7-10H2,1-2,4H3/i5D,6D,11D. The molecule has 5 rings (SSSR count). The Morgan fingerprint density at radius 2 is 1.97 bits per heavy atom. The number of nitrogens with zero attached hydrogens (tertiary/aromatic N) is 7. The number of amides is 1. The highest BCUT2D eigenvalue weighted by atomic mass is 16.5. The number of aryl methyl sites for hydroxylation is 1. The third-order valence-electron chi connectivity index (χ3n) is 6.17. The van der Waals surface area contributed by atoms with Gasteiger partial charge in [-0.25, -0.2) is 19.5 Å². The first kappa shape index (κ1) is 20.4. The molecule has 0 unspecified atom stereocenters. The van der Waals surface area contributed by atoms with Gasteiger partial charge >= 0.3 is 0 Å². The minimum absolute atomic E-state index is 0.000620. The predicted octanol–water partition coefficient (Wildman–Crippen LogP) is 3.30. The molecule has 1 amide bonds. The van der Waals surface area contributed by atoms with Gasteiger partial charge < -0.3 is 14.6 Å². The highest BCUT2D eigenvalue weighted by Gasteiger charge is 2.30.